The molecular weight excluding hydrogens is 348 g/mol. The maximum absolute atomic E-state index is 12.5. The first kappa shape index (κ1) is 18.2. The van der Waals surface area contributed by atoms with Gasteiger partial charge in [0, 0.05) is 30.5 Å². The van der Waals surface area contributed by atoms with E-state index < -0.39 is 0 Å². The van der Waals surface area contributed by atoms with Gasteiger partial charge in [0.05, 0.1) is 12.2 Å². The van der Waals surface area contributed by atoms with Crippen molar-refractivity contribution in [1.82, 2.24) is 9.88 Å². The van der Waals surface area contributed by atoms with E-state index in [4.69, 9.17) is 16.0 Å². The molecule has 0 aliphatic carbocycles. The second-order valence-corrected chi connectivity index (χ2v) is 6.65. The summed E-state index contributed by atoms with van der Waals surface area (Å²) in [6.07, 6.45) is 2.51. The lowest BCUT2D eigenvalue weighted by molar-refractivity contribution is -0.131. The number of nitrogens with zero attached hydrogens (tertiary/aromatic N) is 2. The van der Waals surface area contributed by atoms with Crippen LogP contribution in [0.2, 0.25) is 5.02 Å². The van der Waals surface area contributed by atoms with E-state index in [0.717, 1.165) is 11.1 Å². The van der Waals surface area contributed by atoms with Crippen molar-refractivity contribution in [2.45, 2.75) is 25.8 Å². The molecule has 0 saturated carbocycles. The molecule has 1 unspecified atom stereocenters. The molecule has 26 heavy (non-hydrogen) atoms. The molecule has 0 bridgehead atoms. The molecule has 0 saturated heterocycles. The fourth-order valence-corrected chi connectivity index (χ4v) is 2.86. The van der Waals surface area contributed by atoms with Crippen molar-refractivity contribution in [3.05, 3.63) is 77.3 Å². The normalized spacial score (nSPS) is 12.0. The molecular formula is C21H21ClN2O2. The maximum Gasteiger partial charge on any atom is 0.223 e. The summed E-state index contributed by atoms with van der Waals surface area (Å²) in [7, 11) is 1.83. The molecule has 0 spiro atoms. The molecule has 1 amide bonds. The predicted octanol–water partition coefficient (Wildman–Crippen LogP) is 5.15. The number of oxazole rings is 1. The van der Waals surface area contributed by atoms with Crippen LogP contribution in [-0.2, 0) is 11.2 Å². The summed E-state index contributed by atoms with van der Waals surface area (Å²) in [6.45, 7) is 2.02. The van der Waals surface area contributed by atoms with Gasteiger partial charge < -0.3 is 9.32 Å². The van der Waals surface area contributed by atoms with Gasteiger partial charge in [0.2, 0.25) is 5.91 Å². The Morgan fingerprint density at radius 2 is 1.85 bits per heavy atom. The summed E-state index contributed by atoms with van der Waals surface area (Å²) in [6, 6.07) is 17.4. The van der Waals surface area contributed by atoms with E-state index in [9.17, 15) is 4.79 Å². The largest absolute Gasteiger partial charge is 0.441 e. The highest BCUT2D eigenvalue weighted by atomic mass is 35.5. The summed E-state index contributed by atoms with van der Waals surface area (Å²) < 4.78 is 5.76. The van der Waals surface area contributed by atoms with Crippen LogP contribution in [0.1, 0.15) is 30.8 Å². The van der Waals surface area contributed by atoms with Gasteiger partial charge in [-0.15, -0.1) is 0 Å². The zero-order valence-electron chi connectivity index (χ0n) is 14.9. The Labute approximate surface area is 158 Å². The molecule has 1 atom stereocenters. The van der Waals surface area contributed by atoms with Crippen molar-refractivity contribution in [3.8, 4) is 11.3 Å². The van der Waals surface area contributed by atoms with Crippen LogP contribution in [0.3, 0.4) is 0 Å². The Kier molecular flexibility index (Phi) is 5.74. The van der Waals surface area contributed by atoms with Crippen molar-refractivity contribution in [2.75, 3.05) is 7.05 Å². The number of carbonyl (C=O) groups excluding carboxylic acids is 1. The molecule has 0 aliphatic heterocycles. The highest BCUT2D eigenvalue weighted by Crippen LogP contribution is 2.23. The fourth-order valence-electron chi connectivity index (χ4n) is 2.73. The highest BCUT2D eigenvalue weighted by Gasteiger charge is 2.18. The Bertz CT molecular complexity index is 859. The van der Waals surface area contributed by atoms with Gasteiger partial charge in [-0.05, 0) is 36.8 Å². The lowest BCUT2D eigenvalue weighted by Crippen LogP contribution is -2.29. The monoisotopic (exact) mass is 368 g/mol. The lowest BCUT2D eigenvalue weighted by Gasteiger charge is -2.25. The maximum atomic E-state index is 12.5. The van der Waals surface area contributed by atoms with Crippen molar-refractivity contribution in [3.63, 3.8) is 0 Å². The standard InChI is InChI=1S/C21H21ClN2O2/c1-15(16-6-4-3-5-7-16)24(2)21(25)13-12-20-23-14-19(26-20)17-8-10-18(22)11-9-17/h3-11,14-15H,12-13H2,1-2H3. The number of carbonyl (C=O) groups is 1. The second-order valence-electron chi connectivity index (χ2n) is 6.22. The molecule has 2 aromatic carbocycles. The number of aryl methyl sites for hydroxylation is 1. The van der Waals surface area contributed by atoms with Crippen molar-refractivity contribution < 1.29 is 9.21 Å². The smallest absolute Gasteiger partial charge is 0.223 e. The molecule has 1 heterocycles. The van der Waals surface area contributed by atoms with Crippen LogP contribution in [-0.4, -0.2) is 22.8 Å². The summed E-state index contributed by atoms with van der Waals surface area (Å²) in [5.41, 5.74) is 2.03. The SMILES string of the molecule is CC(c1ccccc1)N(C)C(=O)CCc1ncc(-c2ccc(Cl)cc2)o1. The van der Waals surface area contributed by atoms with Gasteiger partial charge in [-0.25, -0.2) is 4.98 Å². The number of rotatable bonds is 6. The van der Waals surface area contributed by atoms with Crippen LogP contribution in [0.4, 0.5) is 0 Å². The van der Waals surface area contributed by atoms with Crippen LogP contribution < -0.4 is 0 Å². The average Bonchev–Trinajstić information content (AvgIpc) is 3.15. The summed E-state index contributed by atoms with van der Waals surface area (Å²) >= 11 is 5.90. The first-order chi connectivity index (χ1) is 12.5. The van der Waals surface area contributed by atoms with Crippen LogP contribution in [0.5, 0.6) is 0 Å². The minimum Gasteiger partial charge on any atom is -0.441 e. The first-order valence-corrected chi connectivity index (χ1v) is 8.93. The number of aromatic nitrogens is 1. The third-order valence-corrected chi connectivity index (χ3v) is 4.74. The van der Waals surface area contributed by atoms with Crippen LogP contribution in [0.15, 0.2) is 65.2 Å². The van der Waals surface area contributed by atoms with E-state index in [2.05, 4.69) is 4.98 Å². The third kappa shape index (κ3) is 4.33. The molecule has 3 rings (SSSR count). The minimum absolute atomic E-state index is 0.0258. The molecule has 0 radical (unpaired) electrons. The lowest BCUT2D eigenvalue weighted by atomic mass is 10.1. The van der Waals surface area contributed by atoms with E-state index in [1.165, 1.54) is 0 Å². The molecule has 134 valence electrons. The molecule has 0 N–H and O–H groups in total. The number of benzene rings is 2. The first-order valence-electron chi connectivity index (χ1n) is 8.56. The van der Waals surface area contributed by atoms with Gasteiger partial charge in [-0.1, -0.05) is 41.9 Å². The van der Waals surface area contributed by atoms with Gasteiger partial charge >= 0.3 is 0 Å². The van der Waals surface area contributed by atoms with Gasteiger partial charge in [0.15, 0.2) is 11.7 Å². The molecule has 5 heteroatoms. The van der Waals surface area contributed by atoms with Crippen LogP contribution in [0, 0.1) is 0 Å². The fraction of sp³-hybridized carbons (Fsp3) is 0.238. The second kappa shape index (κ2) is 8.19. The van der Waals surface area contributed by atoms with E-state index in [1.54, 1.807) is 11.1 Å². The number of halogens is 1. The summed E-state index contributed by atoms with van der Waals surface area (Å²) in [5.74, 6) is 1.30. The number of hydrogen-bond acceptors (Lipinski definition) is 3. The van der Waals surface area contributed by atoms with Crippen molar-refractivity contribution in [2.24, 2.45) is 0 Å². The number of amides is 1. The van der Waals surface area contributed by atoms with Crippen LogP contribution >= 0.6 is 11.6 Å². The van der Waals surface area contributed by atoms with Gasteiger partial charge in [0.25, 0.3) is 0 Å². The van der Waals surface area contributed by atoms with E-state index in [1.807, 2.05) is 68.6 Å². The predicted molar refractivity (Wildman–Crippen MR) is 103 cm³/mol. The third-order valence-electron chi connectivity index (χ3n) is 4.49. The molecule has 3 aromatic rings. The Morgan fingerprint density at radius 3 is 2.54 bits per heavy atom. The molecule has 0 fully saturated rings. The quantitative estimate of drug-likeness (QED) is 0.604. The van der Waals surface area contributed by atoms with Crippen molar-refractivity contribution >= 4 is 17.5 Å². The minimum atomic E-state index is 0.0258. The van der Waals surface area contributed by atoms with Gasteiger partial charge in [-0.2, -0.15) is 0 Å². The topological polar surface area (TPSA) is 46.3 Å². The zero-order valence-corrected chi connectivity index (χ0v) is 15.6. The van der Waals surface area contributed by atoms with Gasteiger partial charge in [0.1, 0.15) is 0 Å². The summed E-state index contributed by atoms with van der Waals surface area (Å²) in [4.78, 5) is 18.5. The van der Waals surface area contributed by atoms with E-state index in [0.29, 0.717) is 29.5 Å². The Morgan fingerprint density at radius 1 is 1.15 bits per heavy atom. The highest BCUT2D eigenvalue weighted by molar-refractivity contribution is 6.30. The van der Waals surface area contributed by atoms with E-state index >= 15 is 0 Å². The number of hydrogen-bond donors (Lipinski definition) is 0. The van der Waals surface area contributed by atoms with E-state index in [-0.39, 0.29) is 11.9 Å². The van der Waals surface area contributed by atoms with Gasteiger partial charge in [-0.3, -0.25) is 4.79 Å². The van der Waals surface area contributed by atoms with Crippen molar-refractivity contribution in [1.29, 1.82) is 0 Å². The Balaban J connectivity index is 1.58. The average molecular weight is 369 g/mol. The van der Waals surface area contributed by atoms with Crippen LogP contribution in [0.25, 0.3) is 11.3 Å². The Hall–Kier alpha value is -2.59. The molecule has 0 aliphatic rings. The summed E-state index contributed by atoms with van der Waals surface area (Å²) in [5, 5.41) is 0.676. The zero-order chi connectivity index (χ0) is 18.5. The molecule has 4 nitrogen and oxygen atoms in total. The molecule has 1 aromatic heterocycles.